The molecule has 1 aliphatic rings. The van der Waals surface area contributed by atoms with Gasteiger partial charge in [-0.25, -0.2) is 4.39 Å². The monoisotopic (exact) mass is 320 g/mol. The molecule has 0 atom stereocenters. The highest BCUT2D eigenvalue weighted by molar-refractivity contribution is 9.10. The van der Waals surface area contributed by atoms with Gasteiger partial charge in [-0.1, -0.05) is 27.5 Å². The van der Waals surface area contributed by atoms with Gasteiger partial charge in [-0.05, 0) is 18.6 Å². The minimum absolute atomic E-state index is 0.198. The van der Waals surface area contributed by atoms with Gasteiger partial charge in [0.2, 0.25) is 0 Å². The van der Waals surface area contributed by atoms with E-state index in [1.165, 1.54) is 0 Å². The maximum atomic E-state index is 13.8. The van der Waals surface area contributed by atoms with Gasteiger partial charge in [0.05, 0.1) is 5.02 Å². The van der Waals surface area contributed by atoms with Crippen molar-refractivity contribution in [2.75, 3.05) is 32.7 Å². The highest BCUT2D eigenvalue weighted by atomic mass is 79.9. The van der Waals surface area contributed by atoms with Gasteiger partial charge in [0.15, 0.2) is 0 Å². The fraction of sp³-hybridized carbons (Fsp3) is 0.500. The number of nitrogens with one attached hydrogen (secondary N) is 1. The molecule has 1 aliphatic heterocycles. The number of hydrogen-bond acceptors (Lipinski definition) is 2. The summed E-state index contributed by atoms with van der Waals surface area (Å²) < 4.78 is 14.6. The van der Waals surface area contributed by atoms with Gasteiger partial charge < -0.3 is 10.2 Å². The Bertz CT molecular complexity index is 394. The Labute approximate surface area is 114 Å². The first-order chi connectivity index (χ1) is 8.18. The van der Waals surface area contributed by atoms with Gasteiger partial charge in [0.1, 0.15) is 5.82 Å². The van der Waals surface area contributed by atoms with Crippen molar-refractivity contribution in [3.05, 3.63) is 33.0 Å². The van der Waals surface area contributed by atoms with Crippen LogP contribution in [0.3, 0.4) is 0 Å². The number of benzene rings is 1. The number of rotatable bonds is 3. The average molecular weight is 322 g/mol. The van der Waals surface area contributed by atoms with Gasteiger partial charge >= 0.3 is 0 Å². The van der Waals surface area contributed by atoms with Gasteiger partial charge in [0.25, 0.3) is 0 Å². The molecule has 2 rings (SSSR count). The Balaban J connectivity index is 2.00. The van der Waals surface area contributed by atoms with Crippen molar-refractivity contribution in [1.82, 2.24) is 10.2 Å². The molecule has 1 saturated heterocycles. The molecule has 0 saturated carbocycles. The lowest BCUT2D eigenvalue weighted by Gasteiger charge is -2.27. The molecular weight excluding hydrogens is 307 g/mol. The minimum Gasteiger partial charge on any atom is -0.314 e. The summed E-state index contributed by atoms with van der Waals surface area (Å²) in [7, 11) is 0. The first kappa shape index (κ1) is 13.3. The van der Waals surface area contributed by atoms with Crippen LogP contribution in [-0.2, 0) is 6.42 Å². The van der Waals surface area contributed by atoms with Crippen LogP contribution < -0.4 is 5.32 Å². The second kappa shape index (κ2) is 6.14. The molecule has 0 unspecified atom stereocenters. The Kier molecular flexibility index (Phi) is 4.79. The summed E-state index contributed by atoms with van der Waals surface area (Å²) in [6, 6.07) is 3.38. The quantitative estimate of drug-likeness (QED) is 0.861. The molecule has 1 fully saturated rings. The van der Waals surface area contributed by atoms with E-state index in [-0.39, 0.29) is 10.8 Å². The van der Waals surface area contributed by atoms with Crippen LogP contribution in [0.25, 0.3) is 0 Å². The Morgan fingerprint density at radius 3 is 2.76 bits per heavy atom. The fourth-order valence-corrected chi connectivity index (χ4v) is 2.68. The summed E-state index contributed by atoms with van der Waals surface area (Å²) in [5, 5.41) is 3.50. The van der Waals surface area contributed by atoms with Gasteiger partial charge in [-0.2, -0.15) is 0 Å². The van der Waals surface area contributed by atoms with E-state index in [0.717, 1.165) is 37.2 Å². The molecule has 1 N–H and O–H groups in total. The van der Waals surface area contributed by atoms with Crippen LogP contribution in [0.15, 0.2) is 16.6 Å². The normalized spacial score (nSPS) is 17.4. The Morgan fingerprint density at radius 1 is 1.35 bits per heavy atom. The fourth-order valence-electron chi connectivity index (χ4n) is 2.00. The van der Waals surface area contributed by atoms with Crippen molar-refractivity contribution in [3.8, 4) is 0 Å². The average Bonchev–Trinajstić information content (AvgIpc) is 2.35. The third-order valence-electron chi connectivity index (χ3n) is 3.03. The van der Waals surface area contributed by atoms with Crippen molar-refractivity contribution in [2.24, 2.45) is 0 Å². The van der Waals surface area contributed by atoms with Crippen LogP contribution in [0.4, 0.5) is 4.39 Å². The van der Waals surface area contributed by atoms with Crippen LogP contribution in [0.2, 0.25) is 5.02 Å². The van der Waals surface area contributed by atoms with E-state index >= 15 is 0 Å². The van der Waals surface area contributed by atoms with Gasteiger partial charge in [-0.3, -0.25) is 0 Å². The first-order valence-corrected chi connectivity index (χ1v) is 6.91. The molecule has 5 heteroatoms. The smallest absolute Gasteiger partial charge is 0.146 e. The maximum absolute atomic E-state index is 13.8. The summed E-state index contributed by atoms with van der Waals surface area (Å²) in [6.07, 6.45) is 0.687. The Hall–Kier alpha value is -0.160. The van der Waals surface area contributed by atoms with E-state index in [0.29, 0.717) is 12.0 Å². The molecule has 0 aliphatic carbocycles. The minimum atomic E-state index is -0.295. The van der Waals surface area contributed by atoms with E-state index in [4.69, 9.17) is 11.6 Å². The zero-order valence-corrected chi connectivity index (χ0v) is 11.8. The summed E-state index contributed by atoms with van der Waals surface area (Å²) >= 11 is 9.16. The van der Waals surface area contributed by atoms with E-state index in [9.17, 15) is 4.39 Å². The lowest BCUT2D eigenvalue weighted by molar-refractivity contribution is 0.243. The SMILES string of the molecule is Fc1c(Cl)ccc(Br)c1CCN1CCNCC1. The van der Waals surface area contributed by atoms with Crippen LogP contribution in [0.5, 0.6) is 0 Å². The van der Waals surface area contributed by atoms with Crippen LogP contribution in [0, 0.1) is 5.82 Å². The largest absolute Gasteiger partial charge is 0.314 e. The molecule has 0 spiro atoms. The molecule has 1 aromatic carbocycles. The molecule has 94 valence electrons. The topological polar surface area (TPSA) is 15.3 Å². The maximum Gasteiger partial charge on any atom is 0.146 e. The van der Waals surface area contributed by atoms with E-state index in [1.807, 2.05) is 0 Å². The molecule has 0 bridgehead atoms. The molecule has 2 nitrogen and oxygen atoms in total. The summed E-state index contributed by atoms with van der Waals surface area (Å²) in [5.74, 6) is -0.295. The lowest BCUT2D eigenvalue weighted by atomic mass is 10.1. The predicted octanol–water partition coefficient (Wildman–Crippen LogP) is 2.69. The third kappa shape index (κ3) is 3.41. The number of halogens is 3. The van der Waals surface area contributed by atoms with Crippen LogP contribution in [0.1, 0.15) is 5.56 Å². The highest BCUT2D eigenvalue weighted by Gasteiger charge is 2.14. The van der Waals surface area contributed by atoms with E-state index < -0.39 is 0 Å². The molecular formula is C12H15BrClFN2. The summed E-state index contributed by atoms with van der Waals surface area (Å²) in [5.41, 5.74) is 0.677. The number of nitrogens with zero attached hydrogens (tertiary/aromatic N) is 1. The summed E-state index contributed by atoms with van der Waals surface area (Å²) in [6.45, 7) is 4.95. The molecule has 1 aromatic rings. The van der Waals surface area contributed by atoms with E-state index in [2.05, 4.69) is 26.1 Å². The first-order valence-electron chi connectivity index (χ1n) is 5.74. The predicted molar refractivity (Wildman–Crippen MR) is 72.1 cm³/mol. The molecule has 1 heterocycles. The van der Waals surface area contributed by atoms with E-state index in [1.54, 1.807) is 12.1 Å². The number of hydrogen-bond donors (Lipinski definition) is 1. The second-order valence-electron chi connectivity index (χ2n) is 4.16. The van der Waals surface area contributed by atoms with Crippen LogP contribution in [-0.4, -0.2) is 37.6 Å². The van der Waals surface area contributed by atoms with Crippen molar-refractivity contribution >= 4 is 27.5 Å². The van der Waals surface area contributed by atoms with Gasteiger partial charge in [0, 0.05) is 42.8 Å². The van der Waals surface area contributed by atoms with Crippen molar-refractivity contribution < 1.29 is 4.39 Å². The highest BCUT2D eigenvalue weighted by Crippen LogP contribution is 2.26. The molecule has 0 aromatic heterocycles. The molecule has 17 heavy (non-hydrogen) atoms. The van der Waals surface area contributed by atoms with Crippen LogP contribution >= 0.6 is 27.5 Å². The van der Waals surface area contributed by atoms with Gasteiger partial charge in [-0.15, -0.1) is 0 Å². The van der Waals surface area contributed by atoms with Crippen molar-refractivity contribution in [2.45, 2.75) is 6.42 Å². The summed E-state index contributed by atoms with van der Waals surface area (Å²) in [4.78, 5) is 2.34. The number of piperazine rings is 1. The molecule has 0 radical (unpaired) electrons. The standard InChI is InChI=1S/C12H15BrClFN2/c13-10-1-2-11(14)12(15)9(10)3-6-17-7-4-16-5-8-17/h1-2,16H,3-8H2. The lowest BCUT2D eigenvalue weighted by Crippen LogP contribution is -2.44. The molecule has 0 amide bonds. The second-order valence-corrected chi connectivity index (χ2v) is 5.42. The zero-order chi connectivity index (χ0) is 12.3. The van der Waals surface area contributed by atoms with Crippen molar-refractivity contribution in [1.29, 1.82) is 0 Å². The third-order valence-corrected chi connectivity index (χ3v) is 4.06. The Morgan fingerprint density at radius 2 is 2.06 bits per heavy atom. The zero-order valence-electron chi connectivity index (χ0n) is 9.48. The van der Waals surface area contributed by atoms with Crippen molar-refractivity contribution in [3.63, 3.8) is 0 Å².